The molecular weight excluding hydrogens is 216 g/mol. The summed E-state index contributed by atoms with van der Waals surface area (Å²) in [4.78, 5) is 0. The lowest BCUT2D eigenvalue weighted by Gasteiger charge is -2.30. The zero-order valence-electron chi connectivity index (χ0n) is 11.0. The second-order valence-electron chi connectivity index (χ2n) is 4.93. The zero-order valence-corrected chi connectivity index (χ0v) is 11.0. The van der Waals surface area contributed by atoms with Crippen molar-refractivity contribution in [2.45, 2.75) is 45.5 Å². The Morgan fingerprint density at radius 1 is 1.29 bits per heavy atom. The van der Waals surface area contributed by atoms with E-state index in [0.717, 1.165) is 11.1 Å². The van der Waals surface area contributed by atoms with Crippen molar-refractivity contribution in [3.63, 3.8) is 0 Å². The van der Waals surface area contributed by atoms with Crippen molar-refractivity contribution in [2.24, 2.45) is 0 Å². The number of hydrogen-bond acceptors (Lipinski definition) is 3. The molecule has 0 bridgehead atoms. The van der Waals surface area contributed by atoms with E-state index in [0.29, 0.717) is 0 Å². The Kier molecular flexibility index (Phi) is 4.69. The number of ether oxygens (including phenoxy) is 1. The van der Waals surface area contributed by atoms with Crippen LogP contribution in [0.5, 0.6) is 0 Å². The second-order valence-corrected chi connectivity index (χ2v) is 4.93. The van der Waals surface area contributed by atoms with Crippen LogP contribution in [0.25, 0.3) is 0 Å². The predicted molar refractivity (Wildman–Crippen MR) is 67.9 cm³/mol. The summed E-state index contributed by atoms with van der Waals surface area (Å²) >= 11 is 0. The summed E-state index contributed by atoms with van der Waals surface area (Å²) in [5.74, 6) is -1.20. The lowest BCUT2D eigenvalue weighted by molar-refractivity contribution is -0.216. The van der Waals surface area contributed by atoms with E-state index >= 15 is 0 Å². The fourth-order valence-corrected chi connectivity index (χ4v) is 1.97. The van der Waals surface area contributed by atoms with E-state index in [2.05, 4.69) is 0 Å². The molecule has 0 spiro atoms. The van der Waals surface area contributed by atoms with Gasteiger partial charge in [-0.15, -0.1) is 0 Å². The molecule has 0 saturated carbocycles. The van der Waals surface area contributed by atoms with Crippen molar-refractivity contribution in [1.82, 2.24) is 0 Å². The first-order valence-corrected chi connectivity index (χ1v) is 5.91. The molecule has 0 aliphatic carbocycles. The minimum Gasteiger partial charge on any atom is -0.394 e. The Bertz CT molecular complexity index is 355. The Labute approximate surface area is 103 Å². The SMILES string of the molecule is Cc1ccccc1C(C)C(CO)OC(C)(C)O. The van der Waals surface area contributed by atoms with Gasteiger partial charge in [0.2, 0.25) is 0 Å². The fourth-order valence-electron chi connectivity index (χ4n) is 1.97. The van der Waals surface area contributed by atoms with E-state index in [4.69, 9.17) is 4.74 Å². The molecule has 96 valence electrons. The third-order valence-corrected chi connectivity index (χ3v) is 2.86. The maximum absolute atomic E-state index is 9.65. The van der Waals surface area contributed by atoms with Gasteiger partial charge in [-0.05, 0) is 31.9 Å². The monoisotopic (exact) mass is 238 g/mol. The third-order valence-electron chi connectivity index (χ3n) is 2.86. The van der Waals surface area contributed by atoms with Crippen LogP contribution in [0.1, 0.15) is 37.8 Å². The Balaban J connectivity index is 2.87. The molecule has 0 fully saturated rings. The van der Waals surface area contributed by atoms with Crippen molar-refractivity contribution in [1.29, 1.82) is 0 Å². The summed E-state index contributed by atoms with van der Waals surface area (Å²) in [7, 11) is 0. The number of aliphatic hydroxyl groups excluding tert-OH is 1. The van der Waals surface area contributed by atoms with Gasteiger partial charge in [-0.3, -0.25) is 0 Å². The van der Waals surface area contributed by atoms with Crippen LogP contribution in [0.3, 0.4) is 0 Å². The first-order chi connectivity index (χ1) is 7.85. The molecule has 0 heterocycles. The van der Waals surface area contributed by atoms with E-state index in [1.807, 2.05) is 38.1 Å². The summed E-state index contributed by atoms with van der Waals surface area (Å²) in [6.45, 7) is 7.05. The van der Waals surface area contributed by atoms with E-state index in [-0.39, 0.29) is 12.5 Å². The summed E-state index contributed by atoms with van der Waals surface area (Å²) in [5, 5.41) is 19.0. The number of benzene rings is 1. The van der Waals surface area contributed by atoms with Gasteiger partial charge in [-0.1, -0.05) is 31.2 Å². The molecule has 1 rings (SSSR count). The molecule has 17 heavy (non-hydrogen) atoms. The summed E-state index contributed by atoms with van der Waals surface area (Å²) in [6.07, 6.45) is -0.406. The molecule has 3 heteroatoms. The molecule has 2 N–H and O–H groups in total. The van der Waals surface area contributed by atoms with Crippen molar-refractivity contribution >= 4 is 0 Å². The molecular formula is C14H22O3. The van der Waals surface area contributed by atoms with Gasteiger partial charge in [0.25, 0.3) is 0 Å². The van der Waals surface area contributed by atoms with Gasteiger partial charge in [0, 0.05) is 5.92 Å². The zero-order chi connectivity index (χ0) is 13.1. The van der Waals surface area contributed by atoms with Crippen LogP contribution in [0.2, 0.25) is 0 Å². The van der Waals surface area contributed by atoms with Crippen LogP contribution in [0.4, 0.5) is 0 Å². The highest BCUT2D eigenvalue weighted by atomic mass is 16.6. The summed E-state index contributed by atoms with van der Waals surface area (Å²) in [5.41, 5.74) is 2.30. The second kappa shape index (κ2) is 5.63. The van der Waals surface area contributed by atoms with Gasteiger partial charge < -0.3 is 14.9 Å². The van der Waals surface area contributed by atoms with Crippen LogP contribution in [-0.2, 0) is 4.74 Å². The molecule has 0 amide bonds. The number of hydrogen-bond donors (Lipinski definition) is 2. The van der Waals surface area contributed by atoms with Crippen LogP contribution in [-0.4, -0.2) is 28.7 Å². The molecule has 3 nitrogen and oxygen atoms in total. The van der Waals surface area contributed by atoms with Gasteiger partial charge in [0.05, 0.1) is 12.7 Å². The highest BCUT2D eigenvalue weighted by molar-refractivity contribution is 5.29. The number of rotatable bonds is 5. The largest absolute Gasteiger partial charge is 0.394 e. The number of aliphatic hydroxyl groups is 2. The molecule has 1 aromatic rings. The number of aryl methyl sites for hydroxylation is 1. The van der Waals surface area contributed by atoms with Crippen molar-refractivity contribution < 1.29 is 14.9 Å². The maximum Gasteiger partial charge on any atom is 0.160 e. The van der Waals surface area contributed by atoms with Crippen LogP contribution < -0.4 is 0 Å². The van der Waals surface area contributed by atoms with Gasteiger partial charge in [0.1, 0.15) is 0 Å². The van der Waals surface area contributed by atoms with Crippen molar-refractivity contribution in [2.75, 3.05) is 6.61 Å². The summed E-state index contributed by atoms with van der Waals surface area (Å²) < 4.78 is 5.46. The first-order valence-electron chi connectivity index (χ1n) is 5.91. The van der Waals surface area contributed by atoms with Gasteiger partial charge >= 0.3 is 0 Å². The molecule has 0 aliphatic heterocycles. The minimum atomic E-state index is -1.23. The van der Waals surface area contributed by atoms with Gasteiger partial charge in [-0.25, -0.2) is 0 Å². The fraction of sp³-hybridized carbons (Fsp3) is 0.571. The Morgan fingerprint density at radius 3 is 2.35 bits per heavy atom. The smallest absolute Gasteiger partial charge is 0.160 e. The molecule has 1 aromatic carbocycles. The molecule has 0 aromatic heterocycles. The molecule has 2 unspecified atom stereocenters. The van der Waals surface area contributed by atoms with E-state index < -0.39 is 11.9 Å². The first kappa shape index (κ1) is 14.2. The van der Waals surface area contributed by atoms with Gasteiger partial charge in [-0.2, -0.15) is 0 Å². The Morgan fingerprint density at radius 2 is 1.88 bits per heavy atom. The lowest BCUT2D eigenvalue weighted by atomic mass is 9.92. The predicted octanol–water partition coefficient (Wildman–Crippen LogP) is 2.20. The van der Waals surface area contributed by atoms with Crippen molar-refractivity contribution in [3.8, 4) is 0 Å². The normalized spacial score (nSPS) is 15.6. The van der Waals surface area contributed by atoms with Crippen LogP contribution in [0.15, 0.2) is 24.3 Å². The van der Waals surface area contributed by atoms with E-state index in [1.54, 1.807) is 13.8 Å². The van der Waals surface area contributed by atoms with Crippen LogP contribution >= 0.6 is 0 Å². The third kappa shape index (κ3) is 4.11. The highest BCUT2D eigenvalue weighted by Crippen LogP contribution is 2.26. The average molecular weight is 238 g/mol. The Hall–Kier alpha value is -0.900. The molecule has 0 saturated heterocycles. The minimum absolute atomic E-state index is 0.0348. The summed E-state index contributed by atoms with van der Waals surface area (Å²) in [6, 6.07) is 8.01. The van der Waals surface area contributed by atoms with Crippen molar-refractivity contribution in [3.05, 3.63) is 35.4 Å². The average Bonchev–Trinajstić information content (AvgIpc) is 2.24. The molecule has 0 aliphatic rings. The maximum atomic E-state index is 9.65. The molecule has 0 radical (unpaired) electrons. The van der Waals surface area contributed by atoms with Gasteiger partial charge in [0.15, 0.2) is 5.79 Å². The molecule has 2 atom stereocenters. The lowest BCUT2D eigenvalue weighted by Crippen LogP contribution is -2.35. The van der Waals surface area contributed by atoms with Crippen LogP contribution in [0, 0.1) is 6.92 Å². The highest BCUT2D eigenvalue weighted by Gasteiger charge is 2.26. The topological polar surface area (TPSA) is 49.7 Å². The standard InChI is InChI=1S/C14H22O3/c1-10-7-5-6-8-12(10)11(2)13(9-15)17-14(3,4)16/h5-8,11,13,15-16H,9H2,1-4H3. The quantitative estimate of drug-likeness (QED) is 0.773. The van der Waals surface area contributed by atoms with E-state index in [1.165, 1.54) is 0 Å². The van der Waals surface area contributed by atoms with E-state index in [9.17, 15) is 10.2 Å².